The summed E-state index contributed by atoms with van der Waals surface area (Å²) in [6.45, 7) is 5.92. The Labute approximate surface area is 140 Å². The van der Waals surface area contributed by atoms with Gasteiger partial charge in [0.25, 0.3) is 5.91 Å². The fourth-order valence-corrected chi connectivity index (χ4v) is 2.74. The van der Waals surface area contributed by atoms with Crippen molar-refractivity contribution in [3.05, 3.63) is 30.0 Å². The maximum Gasteiger partial charge on any atom is 0.252 e. The highest BCUT2D eigenvalue weighted by Gasteiger charge is 2.18. The summed E-state index contributed by atoms with van der Waals surface area (Å²) in [6, 6.07) is 5.26. The van der Waals surface area contributed by atoms with E-state index in [0.717, 1.165) is 30.8 Å². The van der Waals surface area contributed by atoms with Gasteiger partial charge in [-0.2, -0.15) is 0 Å². The lowest BCUT2D eigenvalue weighted by atomic mass is 10.1. The number of nitrogens with zero attached hydrogens (tertiary/aromatic N) is 1. The van der Waals surface area contributed by atoms with Gasteiger partial charge in [0, 0.05) is 24.1 Å². The van der Waals surface area contributed by atoms with Crippen LogP contribution in [0.2, 0.25) is 0 Å². The first-order valence-electron chi connectivity index (χ1n) is 8.14. The van der Waals surface area contributed by atoms with Gasteiger partial charge in [0.2, 0.25) is 0 Å². The molecule has 0 spiro atoms. The van der Waals surface area contributed by atoms with Crippen LogP contribution >= 0.6 is 0 Å². The molecule has 1 saturated heterocycles. The summed E-state index contributed by atoms with van der Waals surface area (Å²) in [5, 5.41) is 0.803. The lowest BCUT2D eigenvalue weighted by molar-refractivity contribution is 0.0994. The molecule has 24 heavy (non-hydrogen) atoms. The number of rotatable bonds is 6. The predicted octanol–water partition coefficient (Wildman–Crippen LogP) is 2.54. The average molecular weight is 330 g/mol. The van der Waals surface area contributed by atoms with Gasteiger partial charge in [-0.05, 0) is 38.5 Å². The van der Waals surface area contributed by atoms with Crippen molar-refractivity contribution in [1.82, 2.24) is 4.98 Å². The van der Waals surface area contributed by atoms with Crippen molar-refractivity contribution in [2.75, 3.05) is 19.8 Å². The van der Waals surface area contributed by atoms with Crippen LogP contribution in [0.15, 0.2) is 24.4 Å². The largest absolute Gasteiger partial charge is 0.492 e. The predicted molar refractivity (Wildman–Crippen MR) is 90.4 cm³/mol. The highest BCUT2D eigenvalue weighted by atomic mass is 16.5. The van der Waals surface area contributed by atoms with Crippen LogP contribution in [-0.2, 0) is 4.74 Å². The molecule has 1 fully saturated rings. The van der Waals surface area contributed by atoms with E-state index in [0.29, 0.717) is 29.4 Å². The Morgan fingerprint density at radius 2 is 2.25 bits per heavy atom. The zero-order chi connectivity index (χ0) is 17.1. The van der Waals surface area contributed by atoms with Crippen LogP contribution in [0.1, 0.15) is 30.6 Å². The maximum absolute atomic E-state index is 11.7. The number of benzene rings is 1. The van der Waals surface area contributed by atoms with E-state index in [4.69, 9.17) is 19.9 Å². The number of hydrogen-bond donors (Lipinski definition) is 1. The number of carbonyl (C=O) groups excluding carboxylic acids is 1. The summed E-state index contributed by atoms with van der Waals surface area (Å²) in [5.74, 6) is 1.04. The number of ether oxygens (including phenoxy) is 3. The SMILES string of the molecule is CC(C)Oc1cc2c(OC[C@H]3CCOC3)ccnc2cc1C(N)=O. The van der Waals surface area contributed by atoms with E-state index in [-0.39, 0.29) is 6.10 Å². The molecule has 3 rings (SSSR count). The van der Waals surface area contributed by atoms with Crippen molar-refractivity contribution < 1.29 is 19.0 Å². The number of amides is 1. The molecular formula is C18H22N2O4. The summed E-state index contributed by atoms with van der Waals surface area (Å²) < 4.78 is 17.1. The molecule has 6 heteroatoms. The van der Waals surface area contributed by atoms with E-state index < -0.39 is 5.91 Å². The molecule has 2 N–H and O–H groups in total. The van der Waals surface area contributed by atoms with Crippen LogP contribution in [0.5, 0.6) is 11.5 Å². The van der Waals surface area contributed by atoms with Gasteiger partial charge in [0.05, 0.1) is 30.4 Å². The van der Waals surface area contributed by atoms with Gasteiger partial charge < -0.3 is 19.9 Å². The van der Waals surface area contributed by atoms with Crippen molar-refractivity contribution >= 4 is 16.8 Å². The van der Waals surface area contributed by atoms with Gasteiger partial charge in [0.15, 0.2) is 0 Å². The molecule has 6 nitrogen and oxygen atoms in total. The van der Waals surface area contributed by atoms with Gasteiger partial charge in [0.1, 0.15) is 11.5 Å². The number of carbonyl (C=O) groups is 1. The molecule has 1 aliphatic heterocycles. The molecule has 128 valence electrons. The van der Waals surface area contributed by atoms with Crippen molar-refractivity contribution in [3.63, 3.8) is 0 Å². The van der Waals surface area contributed by atoms with E-state index in [9.17, 15) is 4.79 Å². The number of fused-ring (bicyclic) bond motifs is 1. The Kier molecular flexibility index (Phi) is 4.85. The van der Waals surface area contributed by atoms with E-state index in [1.807, 2.05) is 19.9 Å². The second kappa shape index (κ2) is 7.05. The number of hydrogen-bond acceptors (Lipinski definition) is 5. The fourth-order valence-electron chi connectivity index (χ4n) is 2.74. The van der Waals surface area contributed by atoms with Crippen LogP contribution in [0.3, 0.4) is 0 Å². The highest BCUT2D eigenvalue weighted by molar-refractivity contribution is 6.01. The van der Waals surface area contributed by atoms with Gasteiger partial charge in [-0.3, -0.25) is 9.78 Å². The molecule has 1 atom stereocenters. The Balaban J connectivity index is 1.95. The number of aromatic nitrogens is 1. The maximum atomic E-state index is 11.7. The molecular weight excluding hydrogens is 308 g/mol. The van der Waals surface area contributed by atoms with Gasteiger partial charge >= 0.3 is 0 Å². The van der Waals surface area contributed by atoms with Crippen LogP contribution in [0.25, 0.3) is 10.9 Å². The molecule has 2 heterocycles. The third-order valence-electron chi connectivity index (χ3n) is 3.93. The highest BCUT2D eigenvalue weighted by Crippen LogP contribution is 2.32. The number of nitrogens with two attached hydrogens (primary N) is 1. The molecule has 1 aromatic heterocycles. The molecule has 0 radical (unpaired) electrons. The summed E-state index contributed by atoms with van der Waals surface area (Å²) in [4.78, 5) is 16.0. The Morgan fingerprint density at radius 1 is 1.42 bits per heavy atom. The summed E-state index contributed by atoms with van der Waals surface area (Å²) >= 11 is 0. The third-order valence-corrected chi connectivity index (χ3v) is 3.93. The Bertz CT molecular complexity index is 739. The molecule has 1 aromatic carbocycles. The molecule has 0 aliphatic carbocycles. The quantitative estimate of drug-likeness (QED) is 0.880. The Morgan fingerprint density at radius 3 is 2.92 bits per heavy atom. The lowest BCUT2D eigenvalue weighted by Gasteiger charge is -2.16. The van der Waals surface area contributed by atoms with Crippen molar-refractivity contribution in [3.8, 4) is 11.5 Å². The van der Waals surface area contributed by atoms with Crippen molar-refractivity contribution in [2.45, 2.75) is 26.4 Å². The first-order chi connectivity index (χ1) is 11.5. The smallest absolute Gasteiger partial charge is 0.252 e. The molecule has 0 unspecified atom stereocenters. The van der Waals surface area contributed by atoms with E-state index in [2.05, 4.69) is 4.98 Å². The van der Waals surface area contributed by atoms with Crippen LogP contribution in [0, 0.1) is 5.92 Å². The monoisotopic (exact) mass is 330 g/mol. The van der Waals surface area contributed by atoms with E-state index in [1.54, 1.807) is 18.3 Å². The van der Waals surface area contributed by atoms with Gasteiger partial charge in [-0.15, -0.1) is 0 Å². The zero-order valence-electron chi connectivity index (χ0n) is 14.0. The fraction of sp³-hybridized carbons (Fsp3) is 0.444. The average Bonchev–Trinajstić information content (AvgIpc) is 3.05. The van der Waals surface area contributed by atoms with Gasteiger partial charge in [-0.25, -0.2) is 0 Å². The zero-order valence-corrected chi connectivity index (χ0v) is 14.0. The lowest BCUT2D eigenvalue weighted by Crippen LogP contribution is -2.16. The standard InChI is InChI=1S/C18H22N2O4/c1-11(2)24-17-8-13-15(7-14(17)18(19)21)20-5-3-16(13)23-10-12-4-6-22-9-12/h3,5,7-8,11-12H,4,6,9-10H2,1-2H3,(H2,19,21)/t12-/m0/s1. The molecule has 2 aromatic rings. The second-order valence-electron chi connectivity index (χ2n) is 6.25. The minimum Gasteiger partial charge on any atom is -0.492 e. The second-order valence-corrected chi connectivity index (χ2v) is 6.25. The first kappa shape index (κ1) is 16.5. The molecule has 0 bridgehead atoms. The third kappa shape index (κ3) is 3.59. The topological polar surface area (TPSA) is 83.7 Å². The first-order valence-corrected chi connectivity index (χ1v) is 8.14. The number of primary amides is 1. The van der Waals surface area contributed by atoms with Gasteiger partial charge in [-0.1, -0.05) is 0 Å². The number of pyridine rings is 1. The van der Waals surface area contributed by atoms with E-state index in [1.165, 1.54) is 0 Å². The summed E-state index contributed by atoms with van der Waals surface area (Å²) in [7, 11) is 0. The molecule has 0 saturated carbocycles. The van der Waals surface area contributed by atoms with E-state index >= 15 is 0 Å². The normalized spacial score (nSPS) is 17.4. The van der Waals surface area contributed by atoms with Crippen LogP contribution < -0.4 is 15.2 Å². The minimum atomic E-state index is -0.538. The van der Waals surface area contributed by atoms with Crippen molar-refractivity contribution in [1.29, 1.82) is 0 Å². The van der Waals surface area contributed by atoms with Crippen LogP contribution in [0.4, 0.5) is 0 Å². The summed E-state index contributed by atoms with van der Waals surface area (Å²) in [5.41, 5.74) is 6.45. The van der Waals surface area contributed by atoms with Crippen LogP contribution in [-0.4, -0.2) is 36.8 Å². The molecule has 1 aliphatic rings. The Hall–Kier alpha value is -2.34. The summed E-state index contributed by atoms with van der Waals surface area (Å²) in [6.07, 6.45) is 2.60. The minimum absolute atomic E-state index is 0.0720. The van der Waals surface area contributed by atoms with Crippen molar-refractivity contribution in [2.24, 2.45) is 11.7 Å². The molecule has 1 amide bonds.